The van der Waals surface area contributed by atoms with Gasteiger partial charge < -0.3 is 19.6 Å². The van der Waals surface area contributed by atoms with E-state index < -0.39 is 11.9 Å². The zero-order valence-electron chi connectivity index (χ0n) is 16.7. The minimum Gasteiger partial charge on any atom is -0.496 e. The topological polar surface area (TPSA) is 106 Å². The van der Waals surface area contributed by atoms with Crippen LogP contribution in [0, 0.1) is 0 Å². The molecule has 156 valence electrons. The number of hydrogen-bond donors (Lipinski definition) is 2. The number of aliphatic carboxylic acids is 1. The number of fused-ring (bicyclic) bond motifs is 2. The molecule has 0 saturated carbocycles. The fourth-order valence-electron chi connectivity index (χ4n) is 3.61. The summed E-state index contributed by atoms with van der Waals surface area (Å²) in [7, 11) is 1.61. The first-order valence-corrected chi connectivity index (χ1v) is 9.62. The van der Waals surface area contributed by atoms with Gasteiger partial charge >= 0.3 is 5.97 Å². The van der Waals surface area contributed by atoms with Gasteiger partial charge in [0.2, 0.25) is 5.91 Å². The van der Waals surface area contributed by atoms with Crippen molar-refractivity contribution in [3.8, 4) is 5.75 Å². The second-order valence-corrected chi connectivity index (χ2v) is 7.02. The molecule has 1 aromatic heterocycles. The Kier molecular flexibility index (Phi) is 5.41. The average Bonchev–Trinajstić information content (AvgIpc) is 3.15. The van der Waals surface area contributed by atoms with Gasteiger partial charge in [0.25, 0.3) is 0 Å². The zero-order valence-corrected chi connectivity index (χ0v) is 16.7. The predicted octanol–water partition coefficient (Wildman–Crippen LogP) is 3.87. The third-order valence-electron chi connectivity index (χ3n) is 5.04. The number of carbonyl (C=O) groups is 2. The molecule has 3 aromatic rings. The van der Waals surface area contributed by atoms with E-state index in [4.69, 9.17) is 14.3 Å². The monoisotopic (exact) mass is 417 g/mol. The molecule has 1 aliphatic carbocycles. The largest absolute Gasteiger partial charge is 0.496 e. The molecule has 0 radical (unpaired) electrons. The third-order valence-corrected chi connectivity index (χ3v) is 5.04. The second kappa shape index (κ2) is 8.31. The Hall–Kier alpha value is -4.13. The fraction of sp³-hybridized carbons (Fsp3) is 0.125. The van der Waals surface area contributed by atoms with Gasteiger partial charge in [0.05, 0.1) is 12.5 Å². The number of benzene rings is 2. The Morgan fingerprint density at radius 1 is 1.13 bits per heavy atom. The summed E-state index contributed by atoms with van der Waals surface area (Å²) in [6, 6.07) is 12.3. The minimum absolute atomic E-state index is 0.0941. The highest BCUT2D eigenvalue weighted by Crippen LogP contribution is 2.35. The molecule has 0 saturated heterocycles. The number of carboxylic acids is 1. The predicted molar refractivity (Wildman–Crippen MR) is 117 cm³/mol. The zero-order chi connectivity index (χ0) is 22.0. The molecule has 0 unspecified atom stereocenters. The number of carboxylic acid groups (broad SMARTS) is 1. The molecule has 2 N–H and O–H groups in total. The van der Waals surface area contributed by atoms with E-state index in [0.29, 0.717) is 40.8 Å². The molecule has 0 bridgehead atoms. The van der Waals surface area contributed by atoms with Crippen LogP contribution in [-0.4, -0.2) is 24.1 Å². The molecule has 0 fully saturated rings. The molecule has 1 heterocycles. The Morgan fingerprint density at radius 3 is 2.71 bits per heavy atom. The first-order valence-electron chi connectivity index (χ1n) is 9.62. The number of anilines is 1. The normalized spacial score (nSPS) is 14.2. The summed E-state index contributed by atoms with van der Waals surface area (Å²) in [5, 5.41) is 11.6. The molecule has 0 spiro atoms. The molecule has 2 aromatic carbocycles. The van der Waals surface area contributed by atoms with Gasteiger partial charge in [-0.3, -0.25) is 9.59 Å². The van der Waals surface area contributed by atoms with Gasteiger partial charge in [0.1, 0.15) is 17.1 Å². The van der Waals surface area contributed by atoms with Crippen molar-refractivity contribution in [3.63, 3.8) is 0 Å². The fourth-order valence-corrected chi connectivity index (χ4v) is 3.61. The Balaban J connectivity index is 1.74. The van der Waals surface area contributed by atoms with Crippen LogP contribution in [0.5, 0.6) is 5.75 Å². The molecule has 7 nitrogen and oxygen atoms in total. The summed E-state index contributed by atoms with van der Waals surface area (Å²) < 4.78 is 11.5. The summed E-state index contributed by atoms with van der Waals surface area (Å²) in [4.78, 5) is 35.4. The molecule has 7 heteroatoms. The Morgan fingerprint density at radius 2 is 1.94 bits per heavy atom. The first-order chi connectivity index (χ1) is 15.0. The Bertz CT molecular complexity index is 1320. The van der Waals surface area contributed by atoms with Gasteiger partial charge in [-0.25, -0.2) is 4.79 Å². The number of methoxy groups -OCH3 is 1. The van der Waals surface area contributed by atoms with Crippen molar-refractivity contribution >= 4 is 40.2 Å². The maximum atomic E-state index is 13.0. The van der Waals surface area contributed by atoms with E-state index in [1.54, 1.807) is 25.3 Å². The molecular formula is C24H19NO6. The number of nitrogens with one attached hydrogen (secondary N) is 1. The number of para-hydroxylation sites is 1. The van der Waals surface area contributed by atoms with Gasteiger partial charge in [0, 0.05) is 35.0 Å². The lowest BCUT2D eigenvalue weighted by molar-refractivity contribution is -0.131. The number of rotatable bonds is 5. The minimum atomic E-state index is -1.22. The van der Waals surface area contributed by atoms with E-state index in [-0.39, 0.29) is 5.43 Å². The lowest BCUT2D eigenvalue weighted by Crippen LogP contribution is -2.11. The van der Waals surface area contributed by atoms with E-state index in [2.05, 4.69) is 5.32 Å². The van der Waals surface area contributed by atoms with Crippen molar-refractivity contribution in [2.24, 2.45) is 0 Å². The van der Waals surface area contributed by atoms with E-state index in [1.165, 1.54) is 0 Å². The van der Waals surface area contributed by atoms with Crippen LogP contribution in [0.3, 0.4) is 0 Å². The van der Waals surface area contributed by atoms with Crippen LogP contribution in [0.15, 0.2) is 63.8 Å². The third kappa shape index (κ3) is 4.11. The maximum Gasteiger partial charge on any atom is 0.328 e. The Labute approximate surface area is 177 Å². The van der Waals surface area contributed by atoms with Crippen LogP contribution in [0.25, 0.3) is 22.6 Å². The van der Waals surface area contributed by atoms with Crippen molar-refractivity contribution in [3.05, 3.63) is 81.7 Å². The second-order valence-electron chi connectivity index (χ2n) is 7.02. The molecule has 4 rings (SSSR count). The average molecular weight is 417 g/mol. The maximum absolute atomic E-state index is 13.0. The lowest BCUT2D eigenvalue weighted by atomic mass is 10.1. The molecule has 31 heavy (non-hydrogen) atoms. The van der Waals surface area contributed by atoms with Gasteiger partial charge in [-0.15, -0.1) is 0 Å². The summed E-state index contributed by atoms with van der Waals surface area (Å²) in [6.07, 6.45) is 4.89. The van der Waals surface area contributed by atoms with Crippen molar-refractivity contribution in [2.45, 2.75) is 12.8 Å². The van der Waals surface area contributed by atoms with Crippen molar-refractivity contribution in [1.29, 1.82) is 0 Å². The van der Waals surface area contributed by atoms with Gasteiger partial charge in [-0.1, -0.05) is 18.2 Å². The number of allylic oxidation sites excluding steroid dienone is 1. The van der Waals surface area contributed by atoms with Crippen LogP contribution >= 0.6 is 0 Å². The van der Waals surface area contributed by atoms with Gasteiger partial charge in [-0.2, -0.15) is 0 Å². The summed E-state index contributed by atoms with van der Waals surface area (Å²) in [5.74, 6) is -0.546. The quantitative estimate of drug-likeness (QED) is 0.611. The molecule has 0 atom stereocenters. The van der Waals surface area contributed by atoms with Gasteiger partial charge in [-0.05, 0) is 42.7 Å². The summed E-state index contributed by atoms with van der Waals surface area (Å²) in [5.41, 5.74) is 3.07. The van der Waals surface area contributed by atoms with E-state index >= 15 is 0 Å². The highest BCUT2D eigenvalue weighted by Gasteiger charge is 2.24. The number of amides is 1. The number of ether oxygens (including phenoxy) is 1. The standard InChI is InChI=1S/C24H19NO6/c1-30-19-5-3-2-4-14(19)12-15-6-8-18-23(29)17-9-7-16(13-20(17)31-24(15)18)25-21(26)10-11-22(27)28/h2-5,7,9-13H,6,8H2,1H3,(H,25,26)(H,27,28)/b11-10+,15-12+. The van der Waals surface area contributed by atoms with Crippen LogP contribution < -0.4 is 15.5 Å². The van der Waals surface area contributed by atoms with E-state index in [1.807, 2.05) is 30.3 Å². The van der Waals surface area contributed by atoms with Crippen molar-refractivity contribution in [1.82, 2.24) is 0 Å². The highest BCUT2D eigenvalue weighted by molar-refractivity contribution is 6.03. The van der Waals surface area contributed by atoms with Crippen molar-refractivity contribution in [2.75, 3.05) is 12.4 Å². The highest BCUT2D eigenvalue weighted by atomic mass is 16.5. The molecular weight excluding hydrogens is 398 g/mol. The summed E-state index contributed by atoms with van der Waals surface area (Å²) >= 11 is 0. The summed E-state index contributed by atoms with van der Waals surface area (Å²) in [6.45, 7) is 0. The first kappa shape index (κ1) is 20.2. The van der Waals surface area contributed by atoms with Gasteiger partial charge in [0.15, 0.2) is 5.43 Å². The smallest absolute Gasteiger partial charge is 0.328 e. The van der Waals surface area contributed by atoms with Crippen LogP contribution in [0.1, 0.15) is 23.3 Å². The lowest BCUT2D eigenvalue weighted by Gasteiger charge is -2.08. The molecule has 0 aliphatic heterocycles. The van der Waals surface area contributed by atoms with E-state index in [9.17, 15) is 14.4 Å². The molecule has 1 amide bonds. The van der Waals surface area contributed by atoms with Crippen molar-refractivity contribution < 1.29 is 23.8 Å². The number of hydrogen-bond acceptors (Lipinski definition) is 5. The van der Waals surface area contributed by atoms with Crippen LogP contribution in [-0.2, 0) is 16.0 Å². The SMILES string of the molecule is COc1ccccc1/C=C1\CCc2c1oc1cc(NC(=O)/C=C/C(=O)O)ccc1c2=O. The number of carbonyl (C=O) groups excluding carboxylic acids is 1. The van der Waals surface area contributed by atoms with E-state index in [0.717, 1.165) is 29.0 Å². The molecule has 1 aliphatic rings. The van der Waals surface area contributed by atoms with Crippen LogP contribution in [0.4, 0.5) is 5.69 Å². The van der Waals surface area contributed by atoms with Crippen LogP contribution in [0.2, 0.25) is 0 Å².